The Morgan fingerprint density at radius 1 is 1.40 bits per heavy atom. The molecule has 1 atom stereocenters. The first-order chi connectivity index (χ1) is 11.6. The maximum Gasteiger partial charge on any atom is 0.451 e. The van der Waals surface area contributed by atoms with Crippen LogP contribution in [0, 0.1) is 0 Å². The van der Waals surface area contributed by atoms with Crippen LogP contribution in [0.2, 0.25) is 0 Å². The number of alkyl halides is 3. The molecule has 1 aromatic heterocycles. The van der Waals surface area contributed by atoms with E-state index < -0.39 is 23.2 Å². The molecule has 0 spiro atoms. The van der Waals surface area contributed by atoms with Gasteiger partial charge in [0.15, 0.2) is 5.16 Å². The summed E-state index contributed by atoms with van der Waals surface area (Å²) in [6.45, 7) is 1.62. The number of hydrogen-bond acceptors (Lipinski definition) is 7. The molecule has 8 nitrogen and oxygen atoms in total. The van der Waals surface area contributed by atoms with Crippen molar-refractivity contribution in [1.82, 2.24) is 25.0 Å². The predicted molar refractivity (Wildman–Crippen MR) is 83.9 cm³/mol. The van der Waals surface area contributed by atoms with Gasteiger partial charge >= 0.3 is 6.18 Å². The van der Waals surface area contributed by atoms with Crippen molar-refractivity contribution in [3.8, 4) is 0 Å². The average molecular weight is 397 g/mol. The number of carbonyl (C=O) groups excluding carboxylic acids is 3. The normalized spacial score (nSPS) is 16.4. The Kier molecular flexibility index (Phi) is 5.98. The van der Waals surface area contributed by atoms with Gasteiger partial charge in [0.25, 0.3) is 5.24 Å². The van der Waals surface area contributed by atoms with Crippen LogP contribution in [0.25, 0.3) is 0 Å². The number of rotatable bonds is 6. The molecule has 2 rings (SSSR count). The molecule has 0 bridgehead atoms. The fraction of sp³-hybridized carbons (Fsp3) is 0.583. The van der Waals surface area contributed by atoms with Crippen molar-refractivity contribution in [1.29, 1.82) is 0 Å². The minimum atomic E-state index is -4.63. The highest BCUT2D eigenvalue weighted by Gasteiger charge is 2.38. The molecule has 1 fully saturated rings. The maximum absolute atomic E-state index is 12.7. The number of nitrogens with zero attached hydrogens (tertiary/aromatic N) is 4. The lowest BCUT2D eigenvalue weighted by atomic mass is 10.4. The molecule has 1 aliphatic rings. The van der Waals surface area contributed by atoms with Crippen LogP contribution in [0.15, 0.2) is 5.16 Å². The molecule has 1 aromatic rings. The molecule has 25 heavy (non-hydrogen) atoms. The van der Waals surface area contributed by atoms with Gasteiger partial charge in [0.1, 0.15) is 0 Å². The number of aromatic nitrogens is 3. The smallest absolute Gasteiger partial charge is 0.353 e. The Morgan fingerprint density at radius 2 is 2.08 bits per heavy atom. The van der Waals surface area contributed by atoms with Crippen LogP contribution in [-0.4, -0.2) is 60.8 Å². The summed E-state index contributed by atoms with van der Waals surface area (Å²) in [7, 11) is 1.16. The molecule has 0 aliphatic carbocycles. The summed E-state index contributed by atoms with van der Waals surface area (Å²) in [5, 5.41) is 7.92. The van der Waals surface area contributed by atoms with Crippen molar-refractivity contribution >= 4 is 40.6 Å². The van der Waals surface area contributed by atoms with Crippen LogP contribution in [0.3, 0.4) is 0 Å². The Hall–Kier alpha value is -1.76. The van der Waals surface area contributed by atoms with Gasteiger partial charge in [-0.25, -0.2) is 0 Å². The first-order valence-electron chi connectivity index (χ1n) is 6.99. The van der Waals surface area contributed by atoms with E-state index in [9.17, 15) is 27.6 Å². The zero-order chi connectivity index (χ0) is 18.8. The first kappa shape index (κ1) is 19.6. The summed E-state index contributed by atoms with van der Waals surface area (Å²) in [5.41, 5.74) is 0. The van der Waals surface area contributed by atoms with Gasteiger partial charge in [-0.3, -0.25) is 19.3 Å². The van der Waals surface area contributed by atoms with Crippen LogP contribution in [0.4, 0.5) is 18.0 Å². The van der Waals surface area contributed by atoms with E-state index in [0.717, 1.165) is 40.0 Å². The molecule has 1 N–H and O–H groups in total. The van der Waals surface area contributed by atoms with Gasteiger partial charge in [-0.15, -0.1) is 10.2 Å². The molecular weight excluding hydrogens is 383 g/mol. The molecule has 1 aliphatic heterocycles. The van der Waals surface area contributed by atoms with Crippen LogP contribution in [0.5, 0.6) is 0 Å². The van der Waals surface area contributed by atoms with Gasteiger partial charge < -0.3 is 9.88 Å². The lowest BCUT2D eigenvalue weighted by Gasteiger charge is -2.15. The average Bonchev–Trinajstić information content (AvgIpc) is 3.03. The Bertz CT molecular complexity index is 678. The van der Waals surface area contributed by atoms with Crippen LogP contribution in [0.1, 0.15) is 12.7 Å². The van der Waals surface area contributed by atoms with Gasteiger partial charge in [0, 0.05) is 20.1 Å². The van der Waals surface area contributed by atoms with Gasteiger partial charge in [-0.05, 0) is 6.92 Å². The number of halogens is 3. The summed E-state index contributed by atoms with van der Waals surface area (Å²) in [5.74, 6) is -1.82. The third-order valence-corrected chi connectivity index (χ3v) is 5.21. The highest BCUT2D eigenvalue weighted by Crippen LogP contribution is 2.30. The number of thioether (sulfide) groups is 2. The fourth-order valence-corrected chi connectivity index (χ4v) is 3.50. The predicted octanol–water partition coefficient (Wildman–Crippen LogP) is 1.13. The van der Waals surface area contributed by atoms with Crippen LogP contribution < -0.4 is 5.32 Å². The van der Waals surface area contributed by atoms with Crippen molar-refractivity contribution in [2.24, 2.45) is 7.05 Å². The Morgan fingerprint density at radius 3 is 2.60 bits per heavy atom. The molecule has 13 heteroatoms. The van der Waals surface area contributed by atoms with E-state index in [1.807, 2.05) is 0 Å². The van der Waals surface area contributed by atoms with Crippen molar-refractivity contribution in [3.05, 3.63) is 5.82 Å². The standard InChI is InChI=1S/C12H14F3N5O3S2/c1-6(25-10-18-17-9(19(10)2)12(13,14)15)8(22)16-3-4-20-7(21)5-24-11(20)23/h6H,3-5H2,1-2H3,(H,16,22)/t6-/m0/s1. The third kappa shape index (κ3) is 4.66. The van der Waals surface area contributed by atoms with E-state index in [1.54, 1.807) is 0 Å². The lowest BCUT2D eigenvalue weighted by molar-refractivity contribution is -0.147. The van der Waals surface area contributed by atoms with E-state index in [4.69, 9.17) is 0 Å². The highest BCUT2D eigenvalue weighted by molar-refractivity contribution is 8.14. The van der Waals surface area contributed by atoms with Crippen LogP contribution in [-0.2, 0) is 22.8 Å². The first-order valence-corrected chi connectivity index (χ1v) is 8.86. The summed E-state index contributed by atoms with van der Waals surface area (Å²) in [6.07, 6.45) is -4.63. The maximum atomic E-state index is 12.7. The second kappa shape index (κ2) is 7.64. The molecule has 138 valence electrons. The van der Waals surface area contributed by atoms with Gasteiger partial charge in [-0.1, -0.05) is 23.5 Å². The zero-order valence-corrected chi connectivity index (χ0v) is 14.8. The summed E-state index contributed by atoms with van der Waals surface area (Å²) < 4.78 is 38.8. The molecule has 1 saturated heterocycles. The van der Waals surface area contributed by atoms with Gasteiger partial charge in [-0.2, -0.15) is 13.2 Å². The molecular formula is C12H14F3N5O3S2. The largest absolute Gasteiger partial charge is 0.451 e. The van der Waals surface area contributed by atoms with Crippen molar-refractivity contribution in [2.45, 2.75) is 23.5 Å². The molecule has 0 aromatic carbocycles. The van der Waals surface area contributed by atoms with E-state index in [2.05, 4.69) is 15.5 Å². The fourth-order valence-electron chi connectivity index (χ4n) is 1.91. The molecule has 0 saturated carbocycles. The van der Waals surface area contributed by atoms with Crippen molar-refractivity contribution in [3.63, 3.8) is 0 Å². The second-order valence-corrected chi connectivity index (χ2v) is 7.25. The quantitative estimate of drug-likeness (QED) is 0.719. The van der Waals surface area contributed by atoms with Gasteiger partial charge in [0.05, 0.1) is 11.0 Å². The van der Waals surface area contributed by atoms with E-state index in [0.29, 0.717) is 0 Å². The van der Waals surface area contributed by atoms with E-state index in [1.165, 1.54) is 6.92 Å². The van der Waals surface area contributed by atoms with Gasteiger partial charge in [0.2, 0.25) is 17.6 Å². The SMILES string of the molecule is C[C@H](Sc1nnc(C(F)(F)F)n1C)C(=O)NCCN1C(=O)CSC1=O. The number of nitrogens with one attached hydrogen (secondary N) is 1. The minimum absolute atomic E-state index is 0.0451. The Balaban J connectivity index is 1.85. The summed E-state index contributed by atoms with van der Waals surface area (Å²) in [6, 6.07) is 0. The minimum Gasteiger partial charge on any atom is -0.353 e. The summed E-state index contributed by atoms with van der Waals surface area (Å²) >= 11 is 1.72. The third-order valence-electron chi connectivity index (χ3n) is 3.22. The zero-order valence-electron chi connectivity index (χ0n) is 13.2. The van der Waals surface area contributed by atoms with E-state index in [-0.39, 0.29) is 35.1 Å². The number of carbonyl (C=O) groups is 3. The molecule has 0 radical (unpaired) electrons. The molecule has 2 heterocycles. The number of amides is 3. The summed E-state index contributed by atoms with van der Waals surface area (Å²) in [4.78, 5) is 35.8. The monoisotopic (exact) mass is 397 g/mol. The lowest BCUT2D eigenvalue weighted by Crippen LogP contribution is -2.39. The van der Waals surface area contributed by atoms with E-state index >= 15 is 0 Å². The Labute approximate surface area is 148 Å². The number of imide groups is 1. The van der Waals surface area contributed by atoms with Crippen molar-refractivity contribution in [2.75, 3.05) is 18.8 Å². The highest BCUT2D eigenvalue weighted by atomic mass is 32.2. The topological polar surface area (TPSA) is 97.2 Å². The molecule has 0 unspecified atom stereocenters. The molecule has 3 amide bonds. The van der Waals surface area contributed by atoms with Crippen LogP contribution >= 0.6 is 23.5 Å². The van der Waals surface area contributed by atoms with Crippen molar-refractivity contribution < 1.29 is 27.6 Å². The second-order valence-electron chi connectivity index (χ2n) is 5.01. The number of hydrogen-bond donors (Lipinski definition) is 1.